The molecule has 5 rings (SSSR count). The molecule has 2 aliphatic heterocycles. The molecular weight excluding hydrogens is 651 g/mol. The van der Waals surface area contributed by atoms with Crippen molar-refractivity contribution in [2.75, 3.05) is 59.4 Å². The molecular formula is C36H45FN4O7S. The molecule has 13 heteroatoms. The maximum absolute atomic E-state index is 15.6. The number of methoxy groups -OCH3 is 3. The summed E-state index contributed by atoms with van der Waals surface area (Å²) in [5.41, 5.74) is -0.719. The third kappa shape index (κ3) is 6.12. The number of ether oxygens (including phenoxy) is 3. The average molecular weight is 697 g/mol. The van der Waals surface area contributed by atoms with Crippen LogP contribution < -0.4 is 18.5 Å². The van der Waals surface area contributed by atoms with Crippen LogP contribution in [-0.4, -0.2) is 96.0 Å². The van der Waals surface area contributed by atoms with Gasteiger partial charge in [0.25, 0.3) is 15.9 Å². The predicted molar refractivity (Wildman–Crippen MR) is 184 cm³/mol. The van der Waals surface area contributed by atoms with E-state index in [1.54, 1.807) is 25.1 Å². The minimum atomic E-state index is -4.70. The molecule has 49 heavy (non-hydrogen) atoms. The Labute approximate surface area is 288 Å². The number of nitrogens with zero attached hydrogens (tertiary/aromatic N) is 4. The normalized spacial score (nSPS) is 19.6. The van der Waals surface area contributed by atoms with Gasteiger partial charge in [0.2, 0.25) is 5.91 Å². The van der Waals surface area contributed by atoms with E-state index in [9.17, 15) is 13.2 Å². The lowest BCUT2D eigenvalue weighted by molar-refractivity contribution is -0.142. The summed E-state index contributed by atoms with van der Waals surface area (Å²) in [6.45, 7) is 6.45. The fourth-order valence-corrected chi connectivity index (χ4v) is 8.70. The van der Waals surface area contributed by atoms with Crippen molar-refractivity contribution in [3.63, 3.8) is 0 Å². The largest absolute Gasteiger partial charge is 0.497 e. The first-order chi connectivity index (χ1) is 23.4. The van der Waals surface area contributed by atoms with Crippen LogP contribution in [0, 0.1) is 5.82 Å². The van der Waals surface area contributed by atoms with Crippen molar-refractivity contribution >= 4 is 27.5 Å². The van der Waals surface area contributed by atoms with Crippen molar-refractivity contribution in [3.8, 4) is 17.2 Å². The Morgan fingerprint density at radius 1 is 0.918 bits per heavy atom. The number of likely N-dealkylation sites (tertiary alicyclic amines) is 1. The minimum Gasteiger partial charge on any atom is -0.497 e. The van der Waals surface area contributed by atoms with Crippen molar-refractivity contribution in [3.05, 3.63) is 77.1 Å². The molecule has 0 saturated carbocycles. The third-order valence-electron chi connectivity index (χ3n) is 9.56. The number of carbonyl (C=O) groups is 2. The van der Waals surface area contributed by atoms with Crippen molar-refractivity contribution in [2.24, 2.45) is 0 Å². The van der Waals surface area contributed by atoms with Crippen LogP contribution in [0.2, 0.25) is 0 Å². The predicted octanol–water partition coefficient (Wildman–Crippen LogP) is 4.62. The highest BCUT2D eigenvalue weighted by Gasteiger charge is 2.63. The topological polar surface area (TPSA) is 109 Å². The van der Waals surface area contributed by atoms with E-state index < -0.39 is 33.3 Å². The quantitative estimate of drug-likeness (QED) is 0.268. The molecule has 0 aromatic heterocycles. The number of likely N-dealkylation sites (N-methyl/N-ethyl adjacent to an activating group) is 1. The van der Waals surface area contributed by atoms with Gasteiger partial charge in [-0.05, 0) is 74.0 Å². The van der Waals surface area contributed by atoms with Gasteiger partial charge >= 0.3 is 0 Å². The lowest BCUT2D eigenvalue weighted by Gasteiger charge is -2.47. The first-order valence-corrected chi connectivity index (χ1v) is 17.8. The number of carbonyl (C=O) groups excluding carboxylic acids is 2. The summed E-state index contributed by atoms with van der Waals surface area (Å²) in [5, 5.41) is 0. The van der Waals surface area contributed by atoms with E-state index in [0.29, 0.717) is 42.9 Å². The van der Waals surface area contributed by atoms with Crippen LogP contribution in [0.4, 0.5) is 10.1 Å². The smallest absolute Gasteiger partial charge is 0.274 e. The van der Waals surface area contributed by atoms with Gasteiger partial charge in [-0.25, -0.2) is 17.1 Å². The number of halogens is 1. The number of piperidine rings is 1. The number of anilines is 1. The first-order valence-electron chi connectivity index (χ1n) is 16.4. The van der Waals surface area contributed by atoms with Gasteiger partial charge in [0.15, 0.2) is 5.54 Å². The van der Waals surface area contributed by atoms with Crippen LogP contribution >= 0.6 is 0 Å². The summed E-state index contributed by atoms with van der Waals surface area (Å²) < 4.78 is 62.5. The van der Waals surface area contributed by atoms with E-state index >= 15 is 9.18 Å². The monoisotopic (exact) mass is 696 g/mol. The van der Waals surface area contributed by atoms with Crippen LogP contribution in [-0.2, 0) is 31.7 Å². The van der Waals surface area contributed by atoms with Gasteiger partial charge in [-0.15, -0.1) is 0 Å². The van der Waals surface area contributed by atoms with E-state index in [0.717, 1.165) is 29.0 Å². The fourth-order valence-electron chi connectivity index (χ4n) is 7.09. The molecule has 2 amide bonds. The lowest BCUT2D eigenvalue weighted by Crippen LogP contribution is -2.62. The number of hydrogen-bond donors (Lipinski definition) is 0. The first kappa shape index (κ1) is 36.1. The highest BCUT2D eigenvalue weighted by atomic mass is 32.2. The zero-order valence-corrected chi connectivity index (χ0v) is 30.0. The maximum Gasteiger partial charge on any atom is 0.274 e. The molecule has 1 unspecified atom stereocenters. The summed E-state index contributed by atoms with van der Waals surface area (Å²) >= 11 is 0. The second-order valence-corrected chi connectivity index (χ2v) is 14.2. The standard InChI is InChI=1S/C36H45FN4O7S/c1-8-39(9-2)23-24-13-17-31(47-6)28(20-24)36(40-19-11-10-12-30(40)34(42)38(3)4)27-21-25(37)14-16-29(27)41(35(36)43)49(44,45)33-18-15-26(46-5)22-32(33)48-7/h13-18,20-22,30H,8-12,19,23H2,1-7H3/t30-,36?/m0/s1. The molecule has 0 spiro atoms. The van der Waals surface area contributed by atoms with Crippen molar-refractivity contribution in [2.45, 2.75) is 56.1 Å². The van der Waals surface area contributed by atoms with Crippen LogP contribution in [0.5, 0.6) is 17.2 Å². The molecule has 0 bridgehead atoms. The minimum absolute atomic E-state index is 0.0258. The van der Waals surface area contributed by atoms with E-state index in [2.05, 4.69) is 18.7 Å². The summed E-state index contributed by atoms with van der Waals surface area (Å²) in [7, 11) is 2.82. The van der Waals surface area contributed by atoms with Gasteiger partial charge in [0.05, 0.1) is 33.1 Å². The molecule has 0 radical (unpaired) electrons. The molecule has 2 heterocycles. The van der Waals surface area contributed by atoms with E-state index in [-0.39, 0.29) is 34.3 Å². The van der Waals surface area contributed by atoms with Crippen molar-refractivity contribution < 1.29 is 36.6 Å². The van der Waals surface area contributed by atoms with Crippen LogP contribution in [0.25, 0.3) is 0 Å². The zero-order valence-electron chi connectivity index (χ0n) is 29.2. The van der Waals surface area contributed by atoms with Gasteiger partial charge in [-0.2, -0.15) is 0 Å². The van der Waals surface area contributed by atoms with Gasteiger partial charge in [0, 0.05) is 44.4 Å². The number of amides is 2. The van der Waals surface area contributed by atoms with Crippen molar-refractivity contribution in [1.82, 2.24) is 14.7 Å². The highest BCUT2D eigenvalue weighted by molar-refractivity contribution is 7.93. The molecule has 1 fully saturated rings. The van der Waals surface area contributed by atoms with Crippen LogP contribution in [0.15, 0.2) is 59.5 Å². The third-order valence-corrected chi connectivity index (χ3v) is 11.3. The molecule has 0 N–H and O–H groups in total. The Balaban J connectivity index is 1.88. The number of hydrogen-bond acceptors (Lipinski definition) is 9. The lowest BCUT2D eigenvalue weighted by atomic mass is 9.78. The Morgan fingerprint density at radius 3 is 2.27 bits per heavy atom. The van der Waals surface area contributed by atoms with Crippen LogP contribution in [0.3, 0.4) is 0 Å². The number of fused-ring (bicyclic) bond motifs is 1. The Kier molecular flexibility index (Phi) is 10.6. The van der Waals surface area contributed by atoms with E-state index in [1.807, 2.05) is 12.1 Å². The molecule has 1 saturated heterocycles. The Morgan fingerprint density at radius 2 is 1.63 bits per heavy atom. The highest BCUT2D eigenvalue weighted by Crippen LogP contribution is 2.55. The maximum atomic E-state index is 15.6. The number of benzene rings is 3. The Hall–Kier alpha value is -4.20. The number of sulfonamides is 1. The Bertz CT molecular complexity index is 1830. The molecule has 264 valence electrons. The van der Waals surface area contributed by atoms with Gasteiger partial charge < -0.3 is 19.1 Å². The molecule has 0 aliphatic carbocycles. The summed E-state index contributed by atoms with van der Waals surface area (Å²) in [5.74, 6) is -1.17. The molecule has 2 aliphatic rings. The van der Waals surface area contributed by atoms with Gasteiger partial charge in [0.1, 0.15) is 28.0 Å². The van der Waals surface area contributed by atoms with Crippen molar-refractivity contribution in [1.29, 1.82) is 0 Å². The van der Waals surface area contributed by atoms with E-state index in [1.165, 1.54) is 56.6 Å². The summed E-state index contributed by atoms with van der Waals surface area (Å²) in [4.78, 5) is 34.7. The van der Waals surface area contributed by atoms with Gasteiger partial charge in [-0.1, -0.05) is 26.3 Å². The molecule has 3 aromatic carbocycles. The fraction of sp³-hybridized carbons (Fsp3) is 0.444. The molecule has 11 nitrogen and oxygen atoms in total. The summed E-state index contributed by atoms with van der Waals surface area (Å²) in [6, 6.07) is 12.5. The molecule has 2 atom stereocenters. The zero-order chi connectivity index (χ0) is 35.7. The second-order valence-electron chi connectivity index (χ2n) is 12.4. The SMILES string of the molecule is CCN(CC)Cc1ccc(OC)c(C2(N3CCCC[C@H]3C(=O)N(C)C)C(=O)N(S(=O)(=O)c3ccc(OC)cc3OC)c3ccc(F)cc32)c1. The van der Waals surface area contributed by atoms with E-state index in [4.69, 9.17) is 14.2 Å². The van der Waals surface area contributed by atoms with Gasteiger partial charge in [-0.3, -0.25) is 19.4 Å². The average Bonchev–Trinajstić information content (AvgIpc) is 3.37. The summed E-state index contributed by atoms with van der Waals surface area (Å²) in [6.07, 6.45) is 1.75. The van der Waals surface area contributed by atoms with Crippen LogP contribution in [0.1, 0.15) is 49.8 Å². The molecule has 3 aromatic rings. The second kappa shape index (κ2) is 14.3. The number of rotatable bonds is 12.